The van der Waals surface area contributed by atoms with Crippen molar-refractivity contribution in [3.8, 4) is 5.75 Å². The van der Waals surface area contributed by atoms with Crippen LogP contribution in [0.1, 0.15) is 44.6 Å². The molecule has 1 fully saturated rings. The van der Waals surface area contributed by atoms with E-state index < -0.39 is 26.0 Å². The molecule has 1 N–H and O–H groups in total. The van der Waals surface area contributed by atoms with Gasteiger partial charge in [0.15, 0.2) is 0 Å². The average molecular weight is 538 g/mol. The zero-order chi connectivity index (χ0) is 26.3. The molecule has 0 unspecified atom stereocenters. The minimum atomic E-state index is -3.89. The summed E-state index contributed by atoms with van der Waals surface area (Å²) in [6.45, 7) is 2.21. The van der Waals surface area contributed by atoms with Crippen LogP contribution in [0.2, 0.25) is 0 Å². The molecule has 198 valence electrons. The summed E-state index contributed by atoms with van der Waals surface area (Å²) in [5, 5.41) is 2.77. The molecule has 3 rings (SSSR count). The summed E-state index contributed by atoms with van der Waals surface area (Å²) >= 11 is 0. The van der Waals surface area contributed by atoms with Crippen LogP contribution in [0.5, 0.6) is 5.75 Å². The van der Waals surface area contributed by atoms with Gasteiger partial charge in [0.2, 0.25) is 26.0 Å². The lowest BCUT2D eigenvalue weighted by atomic mass is 9.95. The van der Waals surface area contributed by atoms with Gasteiger partial charge in [-0.3, -0.25) is 4.79 Å². The summed E-state index contributed by atoms with van der Waals surface area (Å²) in [6.07, 6.45) is 4.32. The lowest BCUT2D eigenvalue weighted by Gasteiger charge is -2.33. The largest absolute Gasteiger partial charge is 0.494 e. The van der Waals surface area contributed by atoms with E-state index in [1.54, 1.807) is 24.3 Å². The highest BCUT2D eigenvalue weighted by Gasteiger charge is 2.34. The first-order valence-electron chi connectivity index (χ1n) is 12.1. The van der Waals surface area contributed by atoms with Crippen LogP contribution in [0.25, 0.3) is 0 Å². The number of carbonyl (C=O) groups excluding carboxylic acids is 1. The lowest BCUT2D eigenvalue weighted by molar-refractivity contribution is -0.121. The van der Waals surface area contributed by atoms with Gasteiger partial charge in [-0.2, -0.15) is 4.31 Å². The van der Waals surface area contributed by atoms with Crippen molar-refractivity contribution in [3.63, 3.8) is 0 Å². The molecule has 0 aromatic heterocycles. The molecule has 36 heavy (non-hydrogen) atoms. The maximum absolute atomic E-state index is 13.5. The number of hydrogen-bond acceptors (Lipinski definition) is 6. The Morgan fingerprint density at radius 1 is 0.889 bits per heavy atom. The number of hydrogen-bond donors (Lipinski definition) is 1. The molecule has 9 nitrogen and oxygen atoms in total. The van der Waals surface area contributed by atoms with Crippen LogP contribution in [0, 0.1) is 0 Å². The molecule has 0 saturated heterocycles. The van der Waals surface area contributed by atoms with Gasteiger partial charge < -0.3 is 10.1 Å². The Hall–Kier alpha value is -2.47. The number of benzene rings is 2. The molecular formula is C25H35N3O6S2. The number of nitrogens with one attached hydrogen (secondary N) is 1. The highest BCUT2D eigenvalue weighted by Crippen LogP contribution is 2.28. The van der Waals surface area contributed by atoms with E-state index >= 15 is 0 Å². The van der Waals surface area contributed by atoms with Gasteiger partial charge in [-0.1, -0.05) is 31.4 Å². The van der Waals surface area contributed by atoms with Crippen LogP contribution in [0.4, 0.5) is 0 Å². The number of nitrogens with zero attached hydrogens (tertiary/aromatic N) is 2. The fourth-order valence-corrected chi connectivity index (χ4v) is 6.72. The highest BCUT2D eigenvalue weighted by molar-refractivity contribution is 7.89. The predicted molar refractivity (Wildman–Crippen MR) is 138 cm³/mol. The summed E-state index contributed by atoms with van der Waals surface area (Å²) in [6, 6.07) is 12.3. The molecule has 1 amide bonds. The summed E-state index contributed by atoms with van der Waals surface area (Å²) in [5.74, 6) is 0.169. The van der Waals surface area contributed by atoms with Crippen LogP contribution in [0.3, 0.4) is 0 Å². The van der Waals surface area contributed by atoms with Gasteiger partial charge in [0.25, 0.3) is 0 Å². The molecule has 2 aromatic rings. The first kappa shape index (κ1) is 28.1. The molecule has 1 aliphatic rings. The number of rotatable bonds is 11. The van der Waals surface area contributed by atoms with Gasteiger partial charge in [-0.25, -0.2) is 21.1 Å². The first-order valence-corrected chi connectivity index (χ1v) is 15.0. The van der Waals surface area contributed by atoms with Crippen LogP contribution < -0.4 is 10.1 Å². The van der Waals surface area contributed by atoms with E-state index in [0.29, 0.717) is 30.8 Å². The molecule has 2 aromatic carbocycles. The fourth-order valence-electron chi connectivity index (χ4n) is 4.18. The van der Waals surface area contributed by atoms with Gasteiger partial charge in [0.05, 0.1) is 22.9 Å². The van der Waals surface area contributed by atoms with Gasteiger partial charge in [0.1, 0.15) is 5.75 Å². The Labute approximate surface area is 214 Å². The summed E-state index contributed by atoms with van der Waals surface area (Å²) in [5.41, 5.74) is 0.708. The van der Waals surface area contributed by atoms with E-state index in [1.807, 2.05) is 6.92 Å². The number of carbonyl (C=O) groups is 1. The van der Waals surface area contributed by atoms with Gasteiger partial charge in [0, 0.05) is 26.7 Å². The van der Waals surface area contributed by atoms with Crippen molar-refractivity contribution in [2.45, 2.75) is 61.4 Å². The third kappa shape index (κ3) is 6.84. The molecule has 0 atom stereocenters. The van der Waals surface area contributed by atoms with Crippen LogP contribution in [-0.4, -0.2) is 64.6 Å². The lowest BCUT2D eigenvalue weighted by Crippen LogP contribution is -2.46. The maximum Gasteiger partial charge on any atom is 0.243 e. The molecule has 0 bridgehead atoms. The van der Waals surface area contributed by atoms with Crippen LogP contribution in [0.15, 0.2) is 58.3 Å². The van der Waals surface area contributed by atoms with Crippen LogP contribution in [-0.2, 0) is 31.4 Å². The molecule has 0 radical (unpaired) electrons. The van der Waals surface area contributed by atoms with E-state index in [-0.39, 0.29) is 28.9 Å². The van der Waals surface area contributed by atoms with Crippen LogP contribution >= 0.6 is 0 Å². The second kappa shape index (κ2) is 12.2. The standard InChI is InChI=1S/C25H35N3O6S2/c1-4-34-22-12-16-24(17-13-22)36(32,33)28(21-8-6-5-7-9-21)19-25(29)26-18-20-10-14-23(15-11-20)35(30,31)27(2)3/h10-17,21H,4-9,18-19H2,1-3H3,(H,26,29). The zero-order valence-corrected chi connectivity index (χ0v) is 22.6. The molecular weight excluding hydrogens is 502 g/mol. The average Bonchev–Trinajstić information content (AvgIpc) is 2.87. The third-order valence-electron chi connectivity index (χ3n) is 6.21. The van der Waals surface area contributed by atoms with Crippen molar-refractivity contribution >= 4 is 26.0 Å². The fraction of sp³-hybridized carbons (Fsp3) is 0.480. The second-order valence-electron chi connectivity index (χ2n) is 8.95. The smallest absolute Gasteiger partial charge is 0.243 e. The molecule has 0 aliphatic heterocycles. The normalized spacial score (nSPS) is 15.2. The third-order valence-corrected chi connectivity index (χ3v) is 9.96. The van der Waals surface area contributed by atoms with Crippen molar-refractivity contribution in [2.24, 2.45) is 0 Å². The van der Waals surface area contributed by atoms with Gasteiger partial charge in [-0.05, 0) is 61.7 Å². The van der Waals surface area contributed by atoms with E-state index in [2.05, 4.69) is 5.32 Å². The summed E-state index contributed by atoms with van der Waals surface area (Å²) in [4.78, 5) is 13.1. The molecule has 1 saturated carbocycles. The van der Waals surface area contributed by atoms with E-state index in [0.717, 1.165) is 23.6 Å². The summed E-state index contributed by atoms with van der Waals surface area (Å²) in [7, 11) is -4.51. The van der Waals surface area contributed by atoms with Crippen molar-refractivity contribution in [1.29, 1.82) is 0 Å². The van der Waals surface area contributed by atoms with E-state index in [1.165, 1.54) is 42.7 Å². The Balaban J connectivity index is 1.72. The molecule has 0 spiro atoms. The number of amides is 1. The Kier molecular flexibility index (Phi) is 9.51. The van der Waals surface area contributed by atoms with Crippen molar-refractivity contribution in [3.05, 3.63) is 54.1 Å². The van der Waals surface area contributed by atoms with Crippen molar-refractivity contribution in [1.82, 2.24) is 13.9 Å². The predicted octanol–water partition coefficient (Wildman–Crippen LogP) is 2.98. The van der Waals surface area contributed by atoms with Gasteiger partial charge >= 0.3 is 0 Å². The van der Waals surface area contributed by atoms with E-state index in [4.69, 9.17) is 4.74 Å². The summed E-state index contributed by atoms with van der Waals surface area (Å²) < 4.78 is 59.4. The van der Waals surface area contributed by atoms with E-state index in [9.17, 15) is 21.6 Å². The topological polar surface area (TPSA) is 113 Å². The van der Waals surface area contributed by atoms with Gasteiger partial charge in [-0.15, -0.1) is 0 Å². The zero-order valence-electron chi connectivity index (χ0n) is 21.0. The minimum absolute atomic E-state index is 0.127. The number of sulfonamides is 2. The molecule has 1 aliphatic carbocycles. The highest BCUT2D eigenvalue weighted by atomic mass is 32.2. The SMILES string of the molecule is CCOc1ccc(S(=O)(=O)N(CC(=O)NCc2ccc(S(=O)(=O)N(C)C)cc2)C2CCCCC2)cc1. The Morgan fingerprint density at radius 2 is 1.44 bits per heavy atom. The Morgan fingerprint density at radius 3 is 2.00 bits per heavy atom. The van der Waals surface area contributed by atoms with Crippen molar-refractivity contribution in [2.75, 3.05) is 27.2 Å². The number of ether oxygens (including phenoxy) is 1. The van der Waals surface area contributed by atoms with Crippen molar-refractivity contribution < 1.29 is 26.4 Å². The molecule has 0 heterocycles. The maximum atomic E-state index is 13.5. The monoisotopic (exact) mass is 537 g/mol. The first-order chi connectivity index (χ1) is 17.1. The quantitative estimate of drug-likeness (QED) is 0.472. The minimum Gasteiger partial charge on any atom is -0.494 e. The molecule has 11 heteroatoms. The Bertz CT molecular complexity index is 1220. The second-order valence-corrected chi connectivity index (χ2v) is 13.0.